The van der Waals surface area contributed by atoms with E-state index in [1.165, 1.54) is 0 Å². The maximum absolute atomic E-state index is 12.5. The number of hydrogen-bond acceptors (Lipinski definition) is 4. The van der Waals surface area contributed by atoms with Gasteiger partial charge < -0.3 is 15.3 Å². The highest BCUT2D eigenvalue weighted by Gasteiger charge is 2.57. The van der Waals surface area contributed by atoms with Crippen molar-refractivity contribution in [2.45, 2.75) is 32.3 Å². The third kappa shape index (κ3) is 2.96. The molecule has 114 valence electrons. The molecule has 2 fully saturated rings. The van der Waals surface area contributed by atoms with Crippen molar-refractivity contribution in [3.8, 4) is 0 Å². The lowest BCUT2D eigenvalue weighted by Crippen LogP contribution is -2.53. The molecule has 0 spiro atoms. The highest BCUT2D eigenvalue weighted by Crippen LogP contribution is 2.47. The minimum Gasteiger partial charge on any atom is -0.392 e. The summed E-state index contributed by atoms with van der Waals surface area (Å²) in [5, 5.41) is 12.3. The quantitative estimate of drug-likeness (QED) is 0.663. The molecule has 2 aliphatic rings. The van der Waals surface area contributed by atoms with Crippen LogP contribution in [0.25, 0.3) is 0 Å². The molecular formula is C14H25N3O3. The van der Waals surface area contributed by atoms with Gasteiger partial charge in [-0.2, -0.15) is 0 Å². The molecule has 2 amide bonds. The van der Waals surface area contributed by atoms with Crippen LogP contribution in [0.3, 0.4) is 0 Å². The lowest BCUT2D eigenvalue weighted by atomic mass is 10.0. The number of carbonyl (C=O) groups excluding carboxylic acids is 2. The van der Waals surface area contributed by atoms with Crippen molar-refractivity contribution in [1.29, 1.82) is 0 Å². The molecule has 0 aromatic carbocycles. The number of aliphatic hydroxyl groups is 1. The Balaban J connectivity index is 1.85. The molecule has 1 saturated heterocycles. The second-order valence-electron chi connectivity index (χ2n) is 5.82. The van der Waals surface area contributed by atoms with Gasteiger partial charge in [0.2, 0.25) is 11.8 Å². The number of nitrogens with zero attached hydrogens (tertiary/aromatic N) is 2. The van der Waals surface area contributed by atoms with Crippen molar-refractivity contribution in [3.63, 3.8) is 0 Å². The van der Waals surface area contributed by atoms with Crippen LogP contribution in [-0.4, -0.2) is 72.6 Å². The molecule has 0 bridgehead atoms. The summed E-state index contributed by atoms with van der Waals surface area (Å²) in [5.74, 6) is -0.168. The van der Waals surface area contributed by atoms with Crippen molar-refractivity contribution >= 4 is 11.8 Å². The highest BCUT2D eigenvalue weighted by molar-refractivity contribution is 6.07. The average Bonchev–Trinajstić information content (AvgIpc) is 3.28. The SMILES string of the molecule is CC[C@H](O)CN1CCN(C(=O)C2(C(=O)NC)CC2)CC1. The number of piperazine rings is 1. The van der Waals surface area contributed by atoms with Gasteiger partial charge in [0.25, 0.3) is 0 Å². The van der Waals surface area contributed by atoms with Crippen LogP contribution in [0.15, 0.2) is 0 Å². The summed E-state index contributed by atoms with van der Waals surface area (Å²) in [5.41, 5.74) is -0.778. The standard InChI is InChI=1S/C14H25N3O3/c1-3-11(18)10-16-6-8-17(9-7-16)13(20)14(4-5-14)12(19)15-2/h11,18H,3-10H2,1-2H3,(H,15,19)/t11-/m0/s1. The summed E-state index contributed by atoms with van der Waals surface area (Å²) in [4.78, 5) is 28.3. The summed E-state index contributed by atoms with van der Waals surface area (Å²) in [7, 11) is 1.58. The van der Waals surface area contributed by atoms with Crippen LogP contribution in [0.5, 0.6) is 0 Å². The first-order valence-electron chi connectivity index (χ1n) is 7.45. The zero-order valence-electron chi connectivity index (χ0n) is 12.4. The number of β-amino-alcohol motifs (C(OH)–C–C–N with tert-alkyl or cyclic N) is 1. The van der Waals surface area contributed by atoms with Gasteiger partial charge in [0.1, 0.15) is 5.41 Å². The van der Waals surface area contributed by atoms with E-state index in [0.29, 0.717) is 32.5 Å². The zero-order valence-corrected chi connectivity index (χ0v) is 12.4. The minimum absolute atomic E-state index is 0.0208. The molecule has 1 aliphatic carbocycles. The smallest absolute Gasteiger partial charge is 0.238 e. The summed E-state index contributed by atoms with van der Waals surface area (Å²) in [6.07, 6.45) is 1.79. The van der Waals surface area contributed by atoms with Crippen LogP contribution in [0.1, 0.15) is 26.2 Å². The van der Waals surface area contributed by atoms with E-state index < -0.39 is 5.41 Å². The molecule has 1 aliphatic heterocycles. The first-order chi connectivity index (χ1) is 9.53. The van der Waals surface area contributed by atoms with Crippen molar-refractivity contribution in [1.82, 2.24) is 15.1 Å². The van der Waals surface area contributed by atoms with Crippen LogP contribution >= 0.6 is 0 Å². The van der Waals surface area contributed by atoms with Crippen molar-refractivity contribution in [3.05, 3.63) is 0 Å². The lowest BCUT2D eigenvalue weighted by molar-refractivity contribution is -0.145. The number of hydrogen-bond donors (Lipinski definition) is 2. The van der Waals surface area contributed by atoms with E-state index in [2.05, 4.69) is 10.2 Å². The fourth-order valence-corrected chi connectivity index (χ4v) is 2.77. The molecule has 0 radical (unpaired) electrons. The normalized spacial score (nSPS) is 23.2. The Kier molecular flexibility index (Phi) is 4.65. The molecule has 1 atom stereocenters. The van der Waals surface area contributed by atoms with Crippen molar-refractivity contribution in [2.75, 3.05) is 39.8 Å². The molecule has 6 nitrogen and oxygen atoms in total. The highest BCUT2D eigenvalue weighted by atomic mass is 16.3. The summed E-state index contributed by atoms with van der Waals surface area (Å²) in [6.45, 7) is 5.46. The summed E-state index contributed by atoms with van der Waals surface area (Å²) >= 11 is 0. The molecule has 2 N–H and O–H groups in total. The van der Waals surface area contributed by atoms with E-state index in [1.807, 2.05) is 6.92 Å². The molecule has 6 heteroatoms. The predicted molar refractivity (Wildman–Crippen MR) is 75.1 cm³/mol. The van der Waals surface area contributed by atoms with E-state index >= 15 is 0 Å². The van der Waals surface area contributed by atoms with E-state index in [9.17, 15) is 14.7 Å². The summed E-state index contributed by atoms with van der Waals surface area (Å²) in [6, 6.07) is 0. The van der Waals surface area contributed by atoms with Gasteiger partial charge in [0, 0.05) is 39.8 Å². The Morgan fingerprint density at radius 1 is 1.25 bits per heavy atom. The van der Waals surface area contributed by atoms with E-state index in [0.717, 1.165) is 19.5 Å². The molecular weight excluding hydrogens is 258 g/mol. The van der Waals surface area contributed by atoms with Gasteiger partial charge in [0.05, 0.1) is 6.10 Å². The van der Waals surface area contributed by atoms with Crippen LogP contribution in [-0.2, 0) is 9.59 Å². The van der Waals surface area contributed by atoms with Crippen LogP contribution < -0.4 is 5.32 Å². The number of nitrogens with one attached hydrogen (secondary N) is 1. The Bertz CT molecular complexity index is 374. The van der Waals surface area contributed by atoms with Crippen LogP contribution in [0.4, 0.5) is 0 Å². The van der Waals surface area contributed by atoms with E-state index in [-0.39, 0.29) is 17.9 Å². The Morgan fingerprint density at radius 2 is 1.85 bits per heavy atom. The Morgan fingerprint density at radius 3 is 2.30 bits per heavy atom. The second kappa shape index (κ2) is 6.10. The number of aliphatic hydroxyl groups excluding tert-OH is 1. The Labute approximate surface area is 120 Å². The maximum atomic E-state index is 12.5. The fraction of sp³-hybridized carbons (Fsp3) is 0.857. The van der Waals surface area contributed by atoms with Gasteiger partial charge >= 0.3 is 0 Å². The van der Waals surface area contributed by atoms with Gasteiger partial charge in [0.15, 0.2) is 0 Å². The molecule has 1 heterocycles. The van der Waals surface area contributed by atoms with Gasteiger partial charge in [-0.1, -0.05) is 6.92 Å². The molecule has 20 heavy (non-hydrogen) atoms. The molecule has 2 rings (SSSR count). The third-order valence-corrected chi connectivity index (χ3v) is 4.42. The van der Waals surface area contributed by atoms with Crippen LogP contribution in [0, 0.1) is 5.41 Å². The number of rotatable bonds is 5. The minimum atomic E-state index is -0.778. The average molecular weight is 283 g/mol. The topological polar surface area (TPSA) is 72.9 Å². The maximum Gasteiger partial charge on any atom is 0.238 e. The van der Waals surface area contributed by atoms with E-state index in [1.54, 1.807) is 11.9 Å². The zero-order chi connectivity index (χ0) is 14.8. The largest absolute Gasteiger partial charge is 0.392 e. The van der Waals surface area contributed by atoms with Crippen LogP contribution in [0.2, 0.25) is 0 Å². The lowest BCUT2D eigenvalue weighted by Gasteiger charge is -2.37. The summed E-state index contributed by atoms with van der Waals surface area (Å²) < 4.78 is 0. The molecule has 0 aromatic heterocycles. The number of carbonyl (C=O) groups is 2. The monoisotopic (exact) mass is 283 g/mol. The van der Waals surface area contributed by atoms with E-state index in [4.69, 9.17) is 0 Å². The van der Waals surface area contributed by atoms with Gasteiger partial charge in [-0.25, -0.2) is 0 Å². The molecule has 0 unspecified atom stereocenters. The predicted octanol–water partition coefficient (Wildman–Crippen LogP) is -0.572. The fourth-order valence-electron chi connectivity index (χ4n) is 2.77. The third-order valence-electron chi connectivity index (χ3n) is 4.42. The van der Waals surface area contributed by atoms with Crippen molar-refractivity contribution < 1.29 is 14.7 Å². The van der Waals surface area contributed by atoms with Gasteiger partial charge in [-0.15, -0.1) is 0 Å². The van der Waals surface area contributed by atoms with Gasteiger partial charge in [-0.3, -0.25) is 14.5 Å². The number of amides is 2. The Hall–Kier alpha value is -1.14. The van der Waals surface area contributed by atoms with Crippen molar-refractivity contribution in [2.24, 2.45) is 5.41 Å². The van der Waals surface area contributed by atoms with Gasteiger partial charge in [-0.05, 0) is 19.3 Å². The first kappa shape index (κ1) is 15.3. The molecule has 1 saturated carbocycles. The second-order valence-corrected chi connectivity index (χ2v) is 5.82. The molecule has 0 aromatic rings. The first-order valence-corrected chi connectivity index (χ1v) is 7.45.